The van der Waals surface area contributed by atoms with Crippen LogP contribution >= 0.6 is 0 Å². The highest BCUT2D eigenvalue weighted by molar-refractivity contribution is 5.75. The predicted octanol–water partition coefficient (Wildman–Crippen LogP) is 4.34. The number of rotatable bonds is 3. The molecule has 0 bridgehead atoms. The van der Waals surface area contributed by atoms with Gasteiger partial charge in [-0.2, -0.15) is 5.26 Å². The van der Waals surface area contributed by atoms with Crippen molar-refractivity contribution in [3.63, 3.8) is 0 Å². The highest BCUT2D eigenvalue weighted by Crippen LogP contribution is 2.33. The van der Waals surface area contributed by atoms with Gasteiger partial charge in [-0.15, -0.1) is 0 Å². The maximum absolute atomic E-state index is 9.51. The fourth-order valence-electron chi connectivity index (χ4n) is 3.71. The molecule has 0 N–H and O–H groups in total. The fraction of sp³-hybridized carbons (Fsp3) is 0.450. The largest absolute Gasteiger partial charge is 0.350 e. The lowest BCUT2D eigenvalue weighted by atomic mass is 9.98. The second kappa shape index (κ2) is 6.22. The normalized spacial score (nSPS) is 16.5. The van der Waals surface area contributed by atoms with Crippen molar-refractivity contribution >= 4 is 0 Å². The average molecular weight is 307 g/mol. The van der Waals surface area contributed by atoms with Gasteiger partial charge in [0.05, 0.1) is 5.56 Å². The van der Waals surface area contributed by atoms with E-state index in [1.807, 2.05) is 14.0 Å². The predicted molar refractivity (Wildman–Crippen MR) is 94.3 cm³/mol. The van der Waals surface area contributed by atoms with Crippen LogP contribution in [0.4, 0.5) is 0 Å². The van der Waals surface area contributed by atoms with Gasteiger partial charge in [-0.3, -0.25) is 4.90 Å². The molecule has 1 aromatic carbocycles. The van der Waals surface area contributed by atoms with Gasteiger partial charge < -0.3 is 4.57 Å². The van der Waals surface area contributed by atoms with Crippen LogP contribution in [0.15, 0.2) is 24.3 Å². The van der Waals surface area contributed by atoms with Gasteiger partial charge in [0.25, 0.3) is 0 Å². The summed E-state index contributed by atoms with van der Waals surface area (Å²) in [6.45, 7) is 8.80. The van der Waals surface area contributed by atoms with Gasteiger partial charge in [0.2, 0.25) is 0 Å². The molecule has 1 aliphatic rings. The molecule has 1 aliphatic heterocycles. The van der Waals surface area contributed by atoms with E-state index in [2.05, 4.69) is 53.6 Å². The van der Waals surface area contributed by atoms with Crippen LogP contribution in [-0.4, -0.2) is 22.6 Å². The summed E-state index contributed by atoms with van der Waals surface area (Å²) in [5, 5.41) is 9.51. The summed E-state index contributed by atoms with van der Waals surface area (Å²) < 4.78 is 2.11. The molecule has 3 rings (SSSR count). The second-order valence-corrected chi connectivity index (χ2v) is 6.63. The van der Waals surface area contributed by atoms with E-state index in [0.717, 1.165) is 28.1 Å². The molecular formula is C20H25N3. The van der Waals surface area contributed by atoms with Crippen LogP contribution in [0.5, 0.6) is 0 Å². The monoisotopic (exact) mass is 307 g/mol. The van der Waals surface area contributed by atoms with E-state index in [1.54, 1.807) is 0 Å². The molecule has 0 unspecified atom stereocenters. The maximum atomic E-state index is 9.51. The first-order chi connectivity index (χ1) is 11.0. The summed E-state index contributed by atoms with van der Waals surface area (Å²) in [6, 6.07) is 11.6. The van der Waals surface area contributed by atoms with Gasteiger partial charge in [-0.1, -0.05) is 24.3 Å². The van der Waals surface area contributed by atoms with Gasteiger partial charge in [0, 0.05) is 30.0 Å². The number of likely N-dealkylation sites (tertiary alicyclic amines) is 1. The first-order valence-electron chi connectivity index (χ1n) is 8.45. The van der Waals surface area contributed by atoms with Crippen LogP contribution < -0.4 is 0 Å². The Bertz CT molecular complexity index is 741. The Labute approximate surface area is 139 Å². The highest BCUT2D eigenvalue weighted by Gasteiger charge is 2.20. The molecule has 2 heterocycles. The first kappa shape index (κ1) is 15.8. The standard InChI is InChI=1S/C20H25N3/c1-14(23-11-5-6-12-23)17-7-9-18(10-8-17)20-16(3)22(4)15(2)19(20)13-21/h7-10,14H,5-6,11-12H2,1-4H3/t14-/m0/s1. The number of hydrogen-bond donors (Lipinski definition) is 0. The lowest BCUT2D eigenvalue weighted by molar-refractivity contribution is 0.263. The van der Waals surface area contributed by atoms with Crippen molar-refractivity contribution in [1.29, 1.82) is 5.26 Å². The minimum absolute atomic E-state index is 0.473. The summed E-state index contributed by atoms with van der Waals surface area (Å²) in [4.78, 5) is 2.55. The number of aromatic nitrogens is 1. The van der Waals surface area contributed by atoms with Crippen LogP contribution in [0.3, 0.4) is 0 Å². The Kier molecular flexibility index (Phi) is 4.28. The summed E-state index contributed by atoms with van der Waals surface area (Å²) in [7, 11) is 2.03. The maximum Gasteiger partial charge on any atom is 0.102 e. The van der Waals surface area contributed by atoms with Crippen molar-refractivity contribution in [3.05, 3.63) is 46.8 Å². The Balaban J connectivity index is 1.94. The van der Waals surface area contributed by atoms with E-state index in [4.69, 9.17) is 0 Å². The van der Waals surface area contributed by atoms with E-state index in [9.17, 15) is 5.26 Å². The van der Waals surface area contributed by atoms with Crippen LogP contribution in [0.25, 0.3) is 11.1 Å². The zero-order valence-electron chi connectivity index (χ0n) is 14.6. The molecule has 3 nitrogen and oxygen atoms in total. The van der Waals surface area contributed by atoms with Gasteiger partial charge in [0.15, 0.2) is 0 Å². The van der Waals surface area contributed by atoms with Crippen molar-refractivity contribution in [3.8, 4) is 17.2 Å². The number of benzene rings is 1. The topological polar surface area (TPSA) is 32.0 Å². The van der Waals surface area contributed by atoms with Crippen LogP contribution in [0.2, 0.25) is 0 Å². The van der Waals surface area contributed by atoms with E-state index in [1.165, 1.54) is 31.5 Å². The van der Waals surface area contributed by atoms with Crippen molar-refractivity contribution in [2.24, 2.45) is 7.05 Å². The van der Waals surface area contributed by atoms with E-state index >= 15 is 0 Å². The fourth-order valence-corrected chi connectivity index (χ4v) is 3.71. The van der Waals surface area contributed by atoms with Gasteiger partial charge in [0.1, 0.15) is 6.07 Å². The third-order valence-electron chi connectivity index (χ3n) is 5.46. The molecule has 1 fully saturated rings. The van der Waals surface area contributed by atoms with E-state index in [0.29, 0.717) is 6.04 Å². The lowest BCUT2D eigenvalue weighted by Gasteiger charge is -2.24. The van der Waals surface area contributed by atoms with Crippen molar-refractivity contribution in [2.75, 3.05) is 13.1 Å². The quantitative estimate of drug-likeness (QED) is 0.845. The summed E-state index contributed by atoms with van der Waals surface area (Å²) in [6.07, 6.45) is 2.63. The molecule has 0 aliphatic carbocycles. The zero-order chi connectivity index (χ0) is 16.6. The van der Waals surface area contributed by atoms with E-state index < -0.39 is 0 Å². The number of hydrogen-bond acceptors (Lipinski definition) is 2. The third-order valence-corrected chi connectivity index (χ3v) is 5.46. The number of nitrogens with zero attached hydrogens (tertiary/aromatic N) is 3. The molecule has 1 atom stereocenters. The molecule has 1 aromatic heterocycles. The van der Waals surface area contributed by atoms with Crippen molar-refractivity contribution < 1.29 is 0 Å². The van der Waals surface area contributed by atoms with Crippen LogP contribution in [0.1, 0.15) is 48.3 Å². The smallest absolute Gasteiger partial charge is 0.102 e. The van der Waals surface area contributed by atoms with Gasteiger partial charge in [-0.05, 0) is 57.8 Å². The minimum Gasteiger partial charge on any atom is -0.350 e. The molecule has 0 saturated carbocycles. The molecule has 3 heteroatoms. The van der Waals surface area contributed by atoms with Gasteiger partial charge in [-0.25, -0.2) is 0 Å². The molecular weight excluding hydrogens is 282 g/mol. The Hall–Kier alpha value is -2.05. The number of nitriles is 1. The zero-order valence-corrected chi connectivity index (χ0v) is 14.6. The van der Waals surface area contributed by atoms with E-state index in [-0.39, 0.29) is 0 Å². The average Bonchev–Trinajstić information content (AvgIpc) is 3.18. The molecule has 23 heavy (non-hydrogen) atoms. The minimum atomic E-state index is 0.473. The second-order valence-electron chi connectivity index (χ2n) is 6.63. The van der Waals surface area contributed by atoms with Crippen molar-refractivity contribution in [1.82, 2.24) is 9.47 Å². The molecule has 0 spiro atoms. The molecule has 0 radical (unpaired) electrons. The molecule has 2 aromatic rings. The summed E-state index contributed by atoms with van der Waals surface area (Å²) >= 11 is 0. The van der Waals surface area contributed by atoms with Crippen LogP contribution in [0, 0.1) is 25.2 Å². The Morgan fingerprint density at radius 1 is 1.04 bits per heavy atom. The van der Waals surface area contributed by atoms with Crippen molar-refractivity contribution in [2.45, 2.75) is 39.7 Å². The molecule has 0 amide bonds. The SMILES string of the molecule is Cc1c(C#N)c(-c2ccc([C@H](C)N3CCCC3)cc2)c(C)n1C. The first-order valence-corrected chi connectivity index (χ1v) is 8.45. The lowest BCUT2D eigenvalue weighted by Crippen LogP contribution is -2.23. The summed E-state index contributed by atoms with van der Waals surface area (Å²) in [5.74, 6) is 0. The molecule has 120 valence electrons. The van der Waals surface area contributed by atoms with Gasteiger partial charge >= 0.3 is 0 Å². The Morgan fingerprint density at radius 3 is 2.22 bits per heavy atom. The highest BCUT2D eigenvalue weighted by atomic mass is 15.2. The summed E-state index contributed by atoms with van der Waals surface area (Å²) in [5.41, 5.74) is 6.56. The molecule has 1 saturated heterocycles. The Morgan fingerprint density at radius 2 is 1.65 bits per heavy atom. The third kappa shape index (κ3) is 2.68. The van der Waals surface area contributed by atoms with Crippen LogP contribution in [-0.2, 0) is 7.05 Å².